The highest BCUT2D eigenvalue weighted by atomic mass is 35.5. The Labute approximate surface area is 122 Å². The van der Waals surface area contributed by atoms with Crippen molar-refractivity contribution in [1.29, 1.82) is 0 Å². The summed E-state index contributed by atoms with van der Waals surface area (Å²) < 4.78 is 0. The molecule has 2 nitrogen and oxygen atoms in total. The minimum absolute atomic E-state index is 0.0895. The summed E-state index contributed by atoms with van der Waals surface area (Å²) in [6.07, 6.45) is 8.04. The Kier molecular flexibility index (Phi) is 6.57. The molecule has 0 N–H and O–H groups in total. The van der Waals surface area contributed by atoms with Crippen molar-refractivity contribution >= 4 is 23.2 Å². The van der Waals surface area contributed by atoms with Gasteiger partial charge in [-0.2, -0.15) is 0 Å². The zero-order valence-corrected chi connectivity index (χ0v) is 12.8. The van der Waals surface area contributed by atoms with Crippen molar-refractivity contribution in [3.63, 3.8) is 0 Å². The first kappa shape index (κ1) is 14.9. The van der Waals surface area contributed by atoms with E-state index in [1.807, 2.05) is 0 Å². The van der Waals surface area contributed by atoms with Gasteiger partial charge in [0.05, 0.1) is 10.8 Å². The molecule has 0 radical (unpaired) electrons. The van der Waals surface area contributed by atoms with Crippen LogP contribution in [0.3, 0.4) is 0 Å². The summed E-state index contributed by atoms with van der Waals surface area (Å²) in [6, 6.07) is 0. The molecule has 0 aliphatic carbocycles. The van der Waals surface area contributed by atoms with Gasteiger partial charge in [0, 0.05) is 13.1 Å². The van der Waals surface area contributed by atoms with Crippen LogP contribution in [0.25, 0.3) is 0 Å². The Morgan fingerprint density at radius 1 is 0.611 bits per heavy atom. The maximum Gasteiger partial charge on any atom is 0.0639 e. The molecule has 0 aromatic carbocycles. The van der Waals surface area contributed by atoms with E-state index in [9.17, 15) is 0 Å². The van der Waals surface area contributed by atoms with Crippen LogP contribution in [0.4, 0.5) is 0 Å². The minimum Gasteiger partial charge on any atom is -0.302 e. The second-order valence-corrected chi connectivity index (χ2v) is 6.88. The molecule has 0 bridgehead atoms. The summed E-state index contributed by atoms with van der Waals surface area (Å²) in [5.41, 5.74) is 0. The van der Waals surface area contributed by atoms with Crippen LogP contribution < -0.4 is 0 Å². The molecule has 0 amide bonds. The van der Waals surface area contributed by atoms with Crippen LogP contribution in [-0.4, -0.2) is 59.8 Å². The van der Waals surface area contributed by atoms with Crippen LogP contribution in [-0.2, 0) is 0 Å². The van der Waals surface area contributed by atoms with E-state index in [0.717, 1.165) is 13.1 Å². The number of rotatable bonds is 5. The molecule has 2 aliphatic rings. The lowest BCUT2D eigenvalue weighted by molar-refractivity contribution is 0.205. The van der Waals surface area contributed by atoms with Gasteiger partial charge >= 0.3 is 0 Å². The Morgan fingerprint density at radius 2 is 0.944 bits per heavy atom. The zero-order valence-electron chi connectivity index (χ0n) is 11.3. The van der Waals surface area contributed by atoms with Crippen molar-refractivity contribution in [1.82, 2.24) is 9.80 Å². The zero-order chi connectivity index (χ0) is 12.8. The lowest BCUT2D eigenvalue weighted by atomic mass is 10.1. The van der Waals surface area contributed by atoms with Crippen molar-refractivity contribution in [3.05, 3.63) is 0 Å². The lowest BCUT2D eigenvalue weighted by Crippen LogP contribution is -2.42. The van der Waals surface area contributed by atoms with E-state index in [1.165, 1.54) is 64.7 Å². The van der Waals surface area contributed by atoms with Gasteiger partial charge < -0.3 is 9.80 Å². The van der Waals surface area contributed by atoms with E-state index >= 15 is 0 Å². The smallest absolute Gasteiger partial charge is 0.0639 e. The largest absolute Gasteiger partial charge is 0.302 e. The quantitative estimate of drug-likeness (QED) is 0.718. The molecular weight excluding hydrogens is 267 g/mol. The average molecular weight is 293 g/mol. The SMILES string of the molecule is Cl[C@@H](CN1CCCCC1)[C@@H](Cl)CN1CCCCC1. The fourth-order valence-corrected chi connectivity index (χ4v) is 3.56. The van der Waals surface area contributed by atoms with Crippen LogP contribution in [0.15, 0.2) is 0 Å². The van der Waals surface area contributed by atoms with Gasteiger partial charge in [-0.1, -0.05) is 12.8 Å². The topological polar surface area (TPSA) is 6.48 Å². The van der Waals surface area contributed by atoms with Crippen molar-refractivity contribution in [2.45, 2.75) is 49.3 Å². The number of halogens is 2. The molecule has 2 heterocycles. The number of likely N-dealkylation sites (tertiary alicyclic amines) is 2. The third-order valence-electron chi connectivity index (χ3n) is 4.16. The highest BCUT2D eigenvalue weighted by Crippen LogP contribution is 2.18. The Morgan fingerprint density at radius 3 is 1.28 bits per heavy atom. The fourth-order valence-electron chi connectivity index (χ4n) is 3.01. The van der Waals surface area contributed by atoms with Crippen molar-refractivity contribution in [3.8, 4) is 0 Å². The number of piperidine rings is 2. The number of hydrogen-bond donors (Lipinski definition) is 0. The molecule has 0 saturated carbocycles. The third-order valence-corrected chi connectivity index (χ3v) is 5.17. The standard InChI is InChI=1S/C14H26Cl2N2/c15-13(11-17-7-3-1-4-8-17)14(16)12-18-9-5-2-6-10-18/h13-14H,1-12H2/t13-,14-/m0/s1. The summed E-state index contributed by atoms with van der Waals surface area (Å²) in [4.78, 5) is 4.96. The first-order valence-electron chi connectivity index (χ1n) is 7.48. The van der Waals surface area contributed by atoms with Crippen LogP contribution in [0.2, 0.25) is 0 Å². The summed E-state index contributed by atoms with van der Waals surface area (Å²) in [6.45, 7) is 6.74. The summed E-state index contributed by atoms with van der Waals surface area (Å²) in [5, 5.41) is 0.179. The molecule has 4 heteroatoms. The second-order valence-electron chi connectivity index (χ2n) is 5.75. The van der Waals surface area contributed by atoms with E-state index in [-0.39, 0.29) is 10.8 Å². The molecule has 0 aromatic rings. The van der Waals surface area contributed by atoms with Gasteiger partial charge in [0.15, 0.2) is 0 Å². The van der Waals surface area contributed by atoms with E-state index in [0.29, 0.717) is 0 Å². The van der Waals surface area contributed by atoms with Gasteiger partial charge in [-0.15, -0.1) is 23.2 Å². The Balaban J connectivity index is 1.68. The van der Waals surface area contributed by atoms with Gasteiger partial charge in [0.2, 0.25) is 0 Å². The maximum atomic E-state index is 6.48. The van der Waals surface area contributed by atoms with Crippen LogP contribution in [0.5, 0.6) is 0 Å². The van der Waals surface area contributed by atoms with E-state index < -0.39 is 0 Å². The molecule has 2 fully saturated rings. The Bertz CT molecular complexity index is 202. The predicted molar refractivity (Wildman–Crippen MR) is 79.9 cm³/mol. The highest BCUT2D eigenvalue weighted by molar-refractivity contribution is 6.30. The molecule has 0 aromatic heterocycles. The molecule has 2 saturated heterocycles. The summed E-state index contributed by atoms with van der Waals surface area (Å²) in [5.74, 6) is 0. The summed E-state index contributed by atoms with van der Waals surface area (Å²) in [7, 11) is 0. The maximum absolute atomic E-state index is 6.48. The van der Waals surface area contributed by atoms with Crippen molar-refractivity contribution < 1.29 is 0 Å². The molecular formula is C14H26Cl2N2. The van der Waals surface area contributed by atoms with E-state index in [1.54, 1.807) is 0 Å². The van der Waals surface area contributed by atoms with Crippen LogP contribution in [0, 0.1) is 0 Å². The van der Waals surface area contributed by atoms with Crippen LogP contribution in [0.1, 0.15) is 38.5 Å². The number of nitrogens with zero attached hydrogens (tertiary/aromatic N) is 2. The molecule has 0 unspecified atom stereocenters. The molecule has 0 spiro atoms. The van der Waals surface area contributed by atoms with Crippen molar-refractivity contribution in [2.75, 3.05) is 39.3 Å². The molecule has 106 valence electrons. The van der Waals surface area contributed by atoms with E-state index in [2.05, 4.69) is 9.80 Å². The molecule has 2 atom stereocenters. The number of alkyl halides is 2. The molecule has 18 heavy (non-hydrogen) atoms. The predicted octanol–water partition coefficient (Wildman–Crippen LogP) is 3.17. The van der Waals surface area contributed by atoms with Crippen molar-refractivity contribution in [2.24, 2.45) is 0 Å². The number of hydrogen-bond acceptors (Lipinski definition) is 2. The van der Waals surface area contributed by atoms with Gasteiger partial charge in [-0.25, -0.2) is 0 Å². The minimum atomic E-state index is 0.0895. The second kappa shape index (κ2) is 7.94. The third kappa shape index (κ3) is 4.88. The van der Waals surface area contributed by atoms with Gasteiger partial charge in [-0.05, 0) is 51.9 Å². The highest BCUT2D eigenvalue weighted by Gasteiger charge is 2.23. The average Bonchev–Trinajstić information content (AvgIpc) is 2.41. The van der Waals surface area contributed by atoms with Gasteiger partial charge in [0.1, 0.15) is 0 Å². The molecule has 2 rings (SSSR count). The van der Waals surface area contributed by atoms with Gasteiger partial charge in [0.25, 0.3) is 0 Å². The normalized spacial score (nSPS) is 27.0. The molecule has 2 aliphatic heterocycles. The fraction of sp³-hybridized carbons (Fsp3) is 1.00. The monoisotopic (exact) mass is 292 g/mol. The Hall–Kier alpha value is 0.500. The van der Waals surface area contributed by atoms with Crippen LogP contribution >= 0.6 is 23.2 Å². The summed E-state index contributed by atoms with van der Waals surface area (Å²) >= 11 is 13.0. The van der Waals surface area contributed by atoms with E-state index in [4.69, 9.17) is 23.2 Å². The first-order chi connectivity index (χ1) is 8.75. The first-order valence-corrected chi connectivity index (χ1v) is 8.36. The lowest BCUT2D eigenvalue weighted by Gasteiger charge is -2.32. The van der Waals surface area contributed by atoms with Gasteiger partial charge in [-0.3, -0.25) is 0 Å².